The summed E-state index contributed by atoms with van der Waals surface area (Å²) in [5.41, 5.74) is 5.78. The van der Waals surface area contributed by atoms with Gasteiger partial charge in [0.2, 0.25) is 0 Å². The van der Waals surface area contributed by atoms with Crippen LogP contribution in [0.1, 0.15) is 69.1 Å². The monoisotopic (exact) mass is 502 g/mol. The number of methoxy groups -OCH3 is 1. The highest BCUT2D eigenvalue weighted by Gasteiger charge is 2.24. The minimum absolute atomic E-state index is 0.0705. The second-order valence-corrected chi connectivity index (χ2v) is 10.7. The number of rotatable bonds is 9. The molecule has 0 saturated heterocycles. The Kier molecular flexibility index (Phi) is 8.01. The number of carboxylic acid groups (broad SMARTS) is 1. The molecule has 5 heteroatoms. The maximum atomic E-state index is 15.0. The van der Waals surface area contributed by atoms with Gasteiger partial charge in [0.1, 0.15) is 23.9 Å². The Bertz CT molecular complexity index is 1310. The number of benzene rings is 3. The zero-order chi connectivity index (χ0) is 26.6. The van der Waals surface area contributed by atoms with Gasteiger partial charge in [-0.3, -0.25) is 4.79 Å². The van der Waals surface area contributed by atoms with Crippen LogP contribution < -0.4 is 9.47 Å². The fourth-order valence-electron chi connectivity index (χ4n) is 4.80. The van der Waals surface area contributed by atoms with Gasteiger partial charge >= 0.3 is 5.97 Å². The van der Waals surface area contributed by atoms with E-state index in [-0.39, 0.29) is 23.6 Å². The quantitative estimate of drug-likeness (QED) is 0.320. The fourth-order valence-corrected chi connectivity index (χ4v) is 4.80. The van der Waals surface area contributed by atoms with E-state index in [0.29, 0.717) is 23.7 Å². The van der Waals surface area contributed by atoms with Gasteiger partial charge in [-0.25, -0.2) is 4.39 Å². The van der Waals surface area contributed by atoms with E-state index in [1.54, 1.807) is 19.2 Å². The smallest absolute Gasteiger partial charge is 0.303 e. The molecule has 0 amide bonds. The van der Waals surface area contributed by atoms with E-state index >= 15 is 0 Å². The van der Waals surface area contributed by atoms with Gasteiger partial charge in [0, 0.05) is 5.56 Å². The summed E-state index contributed by atoms with van der Waals surface area (Å²) in [4.78, 5) is 11.1. The maximum Gasteiger partial charge on any atom is 0.303 e. The van der Waals surface area contributed by atoms with Crippen molar-refractivity contribution in [3.63, 3.8) is 0 Å². The lowest BCUT2D eigenvalue weighted by Gasteiger charge is -2.29. The third-order valence-corrected chi connectivity index (χ3v) is 7.18. The van der Waals surface area contributed by atoms with Crippen molar-refractivity contribution in [2.45, 2.75) is 59.0 Å². The Morgan fingerprint density at radius 2 is 1.84 bits per heavy atom. The predicted octanol–water partition coefficient (Wildman–Crippen LogP) is 8.25. The van der Waals surface area contributed by atoms with Gasteiger partial charge in [0.05, 0.1) is 13.5 Å². The number of hydrogen-bond acceptors (Lipinski definition) is 3. The van der Waals surface area contributed by atoms with Gasteiger partial charge in [-0.15, -0.1) is 0 Å². The van der Waals surface area contributed by atoms with Crippen LogP contribution >= 0.6 is 0 Å². The molecular formula is C32H35FO4. The van der Waals surface area contributed by atoms with Crippen molar-refractivity contribution in [3.05, 3.63) is 89.2 Å². The first kappa shape index (κ1) is 26.5. The summed E-state index contributed by atoms with van der Waals surface area (Å²) in [5, 5.41) is 9.11. The van der Waals surface area contributed by atoms with Crippen LogP contribution in [0.25, 0.3) is 16.7 Å². The number of allylic oxidation sites excluding steroid dienone is 2. The van der Waals surface area contributed by atoms with E-state index in [9.17, 15) is 9.18 Å². The average molecular weight is 503 g/mol. The Morgan fingerprint density at radius 3 is 2.54 bits per heavy atom. The highest BCUT2D eigenvalue weighted by Crippen LogP contribution is 2.42. The van der Waals surface area contributed by atoms with Crippen LogP contribution in [-0.2, 0) is 11.4 Å². The van der Waals surface area contributed by atoms with E-state index in [0.717, 1.165) is 41.5 Å². The molecule has 1 aliphatic rings. The van der Waals surface area contributed by atoms with Gasteiger partial charge in [-0.1, -0.05) is 51.1 Å². The van der Waals surface area contributed by atoms with Crippen LogP contribution in [0.5, 0.6) is 11.5 Å². The highest BCUT2D eigenvalue weighted by molar-refractivity contribution is 5.83. The van der Waals surface area contributed by atoms with E-state index in [2.05, 4.69) is 26.0 Å². The summed E-state index contributed by atoms with van der Waals surface area (Å²) >= 11 is 0. The molecule has 4 rings (SSSR count). The van der Waals surface area contributed by atoms with Crippen molar-refractivity contribution in [1.82, 2.24) is 0 Å². The molecule has 0 saturated carbocycles. The molecule has 0 unspecified atom stereocenters. The minimum Gasteiger partial charge on any atom is -0.497 e. The standard InChI is InChI=1S/C32H35FO4/c1-21(16-31(34)35)24-6-5-7-26(18-24)37-20-22-8-10-27(29-19-25(36-4)9-11-30(29)33)28(17-22)23-12-14-32(2,3)15-13-23/h5-12,17-19,21H,13-16,20H2,1-4H3,(H,34,35)/t21-/m1/s1. The highest BCUT2D eigenvalue weighted by atomic mass is 19.1. The van der Waals surface area contributed by atoms with Crippen LogP contribution in [0.2, 0.25) is 0 Å². The fraction of sp³-hybridized carbons (Fsp3) is 0.344. The second-order valence-electron chi connectivity index (χ2n) is 10.7. The molecule has 0 aromatic heterocycles. The van der Waals surface area contributed by atoms with Crippen molar-refractivity contribution >= 4 is 11.5 Å². The zero-order valence-electron chi connectivity index (χ0n) is 22.0. The summed E-state index contributed by atoms with van der Waals surface area (Å²) in [6.45, 7) is 6.80. The Labute approximate surface area is 218 Å². The Balaban J connectivity index is 1.64. The number of ether oxygens (including phenoxy) is 2. The third-order valence-electron chi connectivity index (χ3n) is 7.18. The lowest BCUT2D eigenvalue weighted by molar-refractivity contribution is -0.137. The van der Waals surface area contributed by atoms with Gasteiger partial charge in [0.25, 0.3) is 0 Å². The average Bonchev–Trinajstić information content (AvgIpc) is 2.87. The number of carboxylic acids is 1. The molecule has 1 aliphatic carbocycles. The summed E-state index contributed by atoms with van der Waals surface area (Å²) in [6, 6.07) is 18.5. The van der Waals surface area contributed by atoms with E-state index < -0.39 is 5.97 Å². The molecule has 194 valence electrons. The van der Waals surface area contributed by atoms with Crippen LogP contribution in [0.15, 0.2) is 66.7 Å². The third kappa shape index (κ3) is 6.59. The molecule has 0 radical (unpaired) electrons. The lowest BCUT2D eigenvalue weighted by atomic mass is 9.76. The van der Waals surface area contributed by atoms with E-state index in [1.807, 2.05) is 43.3 Å². The molecule has 0 spiro atoms. The zero-order valence-corrected chi connectivity index (χ0v) is 22.0. The van der Waals surface area contributed by atoms with Gasteiger partial charge in [0.15, 0.2) is 0 Å². The number of carbonyl (C=O) groups is 1. The van der Waals surface area contributed by atoms with Crippen molar-refractivity contribution in [3.8, 4) is 22.6 Å². The van der Waals surface area contributed by atoms with Crippen LogP contribution in [-0.4, -0.2) is 18.2 Å². The van der Waals surface area contributed by atoms with Crippen molar-refractivity contribution in [1.29, 1.82) is 0 Å². The molecule has 4 nitrogen and oxygen atoms in total. The van der Waals surface area contributed by atoms with Gasteiger partial charge < -0.3 is 14.6 Å². The number of halogens is 1. The molecule has 1 N–H and O–H groups in total. The molecular weight excluding hydrogens is 467 g/mol. The van der Waals surface area contributed by atoms with Crippen LogP contribution in [0.3, 0.4) is 0 Å². The topological polar surface area (TPSA) is 55.8 Å². The lowest BCUT2D eigenvalue weighted by Crippen LogP contribution is -2.14. The summed E-state index contributed by atoms with van der Waals surface area (Å²) in [7, 11) is 1.58. The Morgan fingerprint density at radius 1 is 1.03 bits per heavy atom. The van der Waals surface area contributed by atoms with E-state index in [4.69, 9.17) is 14.6 Å². The minimum atomic E-state index is -0.820. The first-order chi connectivity index (χ1) is 17.6. The molecule has 3 aromatic carbocycles. The molecule has 1 atom stereocenters. The summed E-state index contributed by atoms with van der Waals surface area (Å²) in [5.74, 6) is 0.102. The SMILES string of the molecule is COc1ccc(F)c(-c2ccc(COc3cccc([C@H](C)CC(=O)O)c3)cc2C2=CCC(C)(C)CC2)c1. The van der Waals surface area contributed by atoms with E-state index in [1.165, 1.54) is 11.6 Å². The molecule has 3 aromatic rings. The molecule has 0 aliphatic heterocycles. The normalized spacial score (nSPS) is 15.5. The van der Waals surface area contributed by atoms with Crippen molar-refractivity contribution in [2.75, 3.05) is 7.11 Å². The first-order valence-corrected chi connectivity index (χ1v) is 12.8. The molecule has 0 heterocycles. The number of hydrogen-bond donors (Lipinski definition) is 1. The molecule has 37 heavy (non-hydrogen) atoms. The Hall–Kier alpha value is -3.60. The second kappa shape index (κ2) is 11.2. The molecule has 0 fully saturated rings. The van der Waals surface area contributed by atoms with Gasteiger partial charge in [-0.2, -0.15) is 0 Å². The largest absolute Gasteiger partial charge is 0.497 e. The van der Waals surface area contributed by atoms with Crippen LogP contribution in [0.4, 0.5) is 4.39 Å². The van der Waals surface area contributed by atoms with Crippen LogP contribution in [0, 0.1) is 11.2 Å². The summed E-state index contributed by atoms with van der Waals surface area (Å²) < 4.78 is 26.5. The first-order valence-electron chi connectivity index (χ1n) is 12.8. The van der Waals surface area contributed by atoms with Crippen molar-refractivity contribution < 1.29 is 23.8 Å². The number of aliphatic carboxylic acids is 1. The van der Waals surface area contributed by atoms with Crippen molar-refractivity contribution in [2.24, 2.45) is 5.41 Å². The maximum absolute atomic E-state index is 15.0. The van der Waals surface area contributed by atoms with Gasteiger partial charge in [-0.05, 0) is 94.8 Å². The molecule has 0 bridgehead atoms. The predicted molar refractivity (Wildman–Crippen MR) is 145 cm³/mol. The summed E-state index contributed by atoms with van der Waals surface area (Å²) in [6.07, 6.45) is 5.34.